The Bertz CT molecular complexity index is 572. The van der Waals surface area contributed by atoms with Crippen LogP contribution in [0.3, 0.4) is 0 Å². The molecule has 0 saturated heterocycles. The molecule has 0 amide bonds. The fourth-order valence-corrected chi connectivity index (χ4v) is 2.04. The second kappa shape index (κ2) is 8.41. The van der Waals surface area contributed by atoms with Gasteiger partial charge in [-0.25, -0.2) is 0 Å². The third kappa shape index (κ3) is 4.76. The van der Waals surface area contributed by atoms with Gasteiger partial charge in [-0.2, -0.15) is 0 Å². The number of hydrogen-bond acceptors (Lipinski definition) is 4. The number of rotatable bonds is 8. The smallest absolute Gasteiger partial charge is 0.161 e. The van der Waals surface area contributed by atoms with Crippen LogP contribution in [0.25, 0.3) is 0 Å². The van der Waals surface area contributed by atoms with E-state index in [2.05, 4.69) is 5.32 Å². The van der Waals surface area contributed by atoms with Gasteiger partial charge in [0.15, 0.2) is 11.5 Å². The molecule has 0 heterocycles. The lowest BCUT2D eigenvalue weighted by atomic mass is 10.2. The molecule has 2 aromatic carbocycles. The van der Waals surface area contributed by atoms with Crippen molar-refractivity contribution in [1.82, 2.24) is 5.32 Å². The summed E-state index contributed by atoms with van der Waals surface area (Å²) in [5.74, 6) is 1.44. The van der Waals surface area contributed by atoms with Crippen molar-refractivity contribution in [3.63, 3.8) is 0 Å². The Labute approximate surface area is 131 Å². The van der Waals surface area contributed by atoms with E-state index in [0.29, 0.717) is 13.2 Å². The van der Waals surface area contributed by atoms with Gasteiger partial charge in [-0.05, 0) is 30.2 Å². The fraction of sp³-hybridized carbons (Fsp3) is 0.333. The Hall–Kier alpha value is -2.04. The molecule has 4 nitrogen and oxygen atoms in total. The van der Waals surface area contributed by atoms with Crippen LogP contribution < -0.4 is 14.8 Å². The minimum Gasteiger partial charge on any atom is -0.493 e. The molecule has 0 aliphatic heterocycles. The molecule has 0 radical (unpaired) electrons. The summed E-state index contributed by atoms with van der Waals surface area (Å²) in [5, 5.41) is 12.3. The maximum Gasteiger partial charge on any atom is 0.161 e. The lowest BCUT2D eigenvalue weighted by Crippen LogP contribution is -2.28. The summed E-state index contributed by atoms with van der Waals surface area (Å²) in [4.78, 5) is 0. The topological polar surface area (TPSA) is 50.7 Å². The zero-order valence-electron chi connectivity index (χ0n) is 13.1. The minimum absolute atomic E-state index is 0.0655. The maximum absolute atomic E-state index is 9.05. The van der Waals surface area contributed by atoms with Crippen molar-refractivity contribution in [3.8, 4) is 11.5 Å². The highest BCUT2D eigenvalue weighted by atomic mass is 16.5. The first kappa shape index (κ1) is 16.3. The maximum atomic E-state index is 9.05. The van der Waals surface area contributed by atoms with Crippen molar-refractivity contribution < 1.29 is 14.6 Å². The van der Waals surface area contributed by atoms with Crippen LogP contribution >= 0.6 is 0 Å². The van der Waals surface area contributed by atoms with Gasteiger partial charge in [-0.1, -0.05) is 36.4 Å². The van der Waals surface area contributed by atoms with Crippen molar-refractivity contribution >= 4 is 0 Å². The molecule has 0 spiro atoms. The third-order valence-corrected chi connectivity index (χ3v) is 3.39. The number of methoxy groups -OCH3 is 1. The van der Waals surface area contributed by atoms with Crippen molar-refractivity contribution in [3.05, 3.63) is 59.7 Å². The first-order valence-corrected chi connectivity index (χ1v) is 7.41. The van der Waals surface area contributed by atoms with Crippen LogP contribution in [0.2, 0.25) is 0 Å². The zero-order chi connectivity index (χ0) is 15.8. The molecule has 2 N–H and O–H groups in total. The van der Waals surface area contributed by atoms with Gasteiger partial charge in [0.2, 0.25) is 0 Å². The Morgan fingerprint density at radius 1 is 1.05 bits per heavy atom. The molecule has 0 saturated carbocycles. The quantitative estimate of drug-likeness (QED) is 0.787. The number of ether oxygens (including phenoxy) is 2. The fourth-order valence-electron chi connectivity index (χ4n) is 2.04. The third-order valence-electron chi connectivity index (χ3n) is 3.39. The number of nitrogens with one attached hydrogen (secondary N) is 1. The Kier molecular flexibility index (Phi) is 6.25. The van der Waals surface area contributed by atoms with E-state index < -0.39 is 0 Å². The molecular formula is C18H23NO3. The Morgan fingerprint density at radius 3 is 2.50 bits per heavy atom. The molecule has 4 heteroatoms. The summed E-state index contributed by atoms with van der Waals surface area (Å²) < 4.78 is 11.2. The predicted molar refractivity (Wildman–Crippen MR) is 87.2 cm³/mol. The number of hydrogen-bond donors (Lipinski definition) is 2. The highest BCUT2D eigenvalue weighted by Crippen LogP contribution is 2.28. The van der Waals surface area contributed by atoms with E-state index >= 15 is 0 Å². The van der Waals surface area contributed by atoms with Crippen LogP contribution in [0.15, 0.2) is 48.5 Å². The molecule has 0 unspecified atom stereocenters. The second-order valence-electron chi connectivity index (χ2n) is 5.22. The van der Waals surface area contributed by atoms with Gasteiger partial charge in [0.25, 0.3) is 0 Å². The molecule has 0 aliphatic rings. The van der Waals surface area contributed by atoms with E-state index in [0.717, 1.165) is 22.6 Å². The van der Waals surface area contributed by atoms with Crippen molar-refractivity contribution in [2.45, 2.75) is 26.1 Å². The van der Waals surface area contributed by atoms with Gasteiger partial charge in [0.05, 0.1) is 13.7 Å². The monoisotopic (exact) mass is 301 g/mol. The summed E-state index contributed by atoms with van der Waals surface area (Å²) in [6, 6.07) is 16.0. The first-order valence-electron chi connectivity index (χ1n) is 7.41. The van der Waals surface area contributed by atoms with E-state index in [9.17, 15) is 0 Å². The van der Waals surface area contributed by atoms with E-state index in [1.165, 1.54) is 0 Å². The van der Waals surface area contributed by atoms with Crippen LogP contribution in [0.4, 0.5) is 0 Å². The highest BCUT2D eigenvalue weighted by molar-refractivity contribution is 5.43. The van der Waals surface area contributed by atoms with Crippen molar-refractivity contribution in [2.75, 3.05) is 13.7 Å². The molecule has 0 bridgehead atoms. The Morgan fingerprint density at radius 2 is 1.82 bits per heavy atom. The van der Waals surface area contributed by atoms with Crippen LogP contribution in [0.5, 0.6) is 11.5 Å². The SMILES string of the molecule is COc1ccc(CN[C@H](C)CO)cc1OCc1ccccc1. The lowest BCUT2D eigenvalue weighted by molar-refractivity contribution is 0.251. The molecule has 0 fully saturated rings. The number of benzene rings is 2. The molecule has 118 valence electrons. The molecule has 0 aliphatic carbocycles. The molecule has 2 rings (SSSR count). The summed E-state index contributed by atoms with van der Waals surface area (Å²) in [6.45, 7) is 3.23. The lowest BCUT2D eigenvalue weighted by Gasteiger charge is -2.14. The highest BCUT2D eigenvalue weighted by Gasteiger charge is 2.07. The Balaban J connectivity index is 2.04. The van der Waals surface area contributed by atoms with E-state index in [1.54, 1.807) is 7.11 Å². The second-order valence-corrected chi connectivity index (χ2v) is 5.22. The average molecular weight is 301 g/mol. The zero-order valence-corrected chi connectivity index (χ0v) is 13.1. The predicted octanol–water partition coefficient (Wildman–Crippen LogP) is 2.74. The molecule has 2 aromatic rings. The summed E-state index contributed by atoms with van der Waals surface area (Å²) >= 11 is 0. The molecule has 0 aromatic heterocycles. The van der Waals surface area contributed by atoms with E-state index in [-0.39, 0.29) is 12.6 Å². The van der Waals surface area contributed by atoms with Crippen LogP contribution in [-0.4, -0.2) is 24.9 Å². The molecule has 1 atom stereocenters. The molecule has 22 heavy (non-hydrogen) atoms. The minimum atomic E-state index is 0.0655. The van der Waals surface area contributed by atoms with E-state index in [4.69, 9.17) is 14.6 Å². The summed E-state index contributed by atoms with van der Waals surface area (Å²) in [7, 11) is 1.64. The molecular weight excluding hydrogens is 278 g/mol. The van der Waals surface area contributed by atoms with Crippen LogP contribution in [0, 0.1) is 0 Å². The van der Waals surface area contributed by atoms with Crippen molar-refractivity contribution in [1.29, 1.82) is 0 Å². The van der Waals surface area contributed by atoms with Crippen molar-refractivity contribution in [2.24, 2.45) is 0 Å². The van der Waals surface area contributed by atoms with Crippen LogP contribution in [-0.2, 0) is 13.2 Å². The summed E-state index contributed by atoms with van der Waals surface area (Å²) in [5.41, 5.74) is 2.20. The standard InChI is InChI=1S/C18H23NO3/c1-14(12-20)19-11-16-8-9-17(21-2)18(10-16)22-13-15-6-4-3-5-7-15/h3-10,14,19-20H,11-13H2,1-2H3/t14-/m1/s1. The van der Waals surface area contributed by atoms with Crippen LogP contribution in [0.1, 0.15) is 18.1 Å². The number of aliphatic hydroxyl groups excluding tert-OH is 1. The van der Waals surface area contributed by atoms with E-state index in [1.807, 2.05) is 55.5 Å². The average Bonchev–Trinajstić information content (AvgIpc) is 2.58. The van der Waals surface area contributed by atoms with Gasteiger partial charge >= 0.3 is 0 Å². The number of aliphatic hydroxyl groups is 1. The largest absolute Gasteiger partial charge is 0.493 e. The van der Waals surface area contributed by atoms with Gasteiger partial charge in [0, 0.05) is 12.6 Å². The normalized spacial score (nSPS) is 12.0. The van der Waals surface area contributed by atoms with Gasteiger partial charge in [0.1, 0.15) is 6.61 Å². The van der Waals surface area contributed by atoms with Gasteiger partial charge < -0.3 is 19.9 Å². The summed E-state index contributed by atoms with van der Waals surface area (Å²) in [6.07, 6.45) is 0. The first-order chi connectivity index (χ1) is 10.7. The van der Waals surface area contributed by atoms with Gasteiger partial charge in [-0.3, -0.25) is 0 Å². The van der Waals surface area contributed by atoms with Gasteiger partial charge in [-0.15, -0.1) is 0 Å².